The maximum Gasteiger partial charge on any atom is 0.0946 e. The normalized spacial score (nSPS) is 21.4. The van der Waals surface area contributed by atoms with Crippen LogP contribution in [-0.2, 0) is 18.4 Å². The standard InChI is InChI=1S/C18H16BrNO/c19-14-5-4-13-11-18(21,8-6-12(13)10-14)16-2-1-3-17-15(16)7-9-20-17/h1-5,7,9-10,20-21H,6,8,11H2. The Bertz CT molecular complexity index is 823. The van der Waals surface area contributed by atoms with Crippen molar-refractivity contribution >= 4 is 26.8 Å². The Morgan fingerprint density at radius 3 is 2.90 bits per heavy atom. The number of fused-ring (bicyclic) bond motifs is 2. The summed E-state index contributed by atoms with van der Waals surface area (Å²) in [6, 6.07) is 14.5. The number of nitrogens with one attached hydrogen (secondary N) is 1. The van der Waals surface area contributed by atoms with Crippen LogP contribution in [0.1, 0.15) is 23.1 Å². The van der Waals surface area contributed by atoms with Gasteiger partial charge in [-0.25, -0.2) is 0 Å². The molecule has 0 aliphatic heterocycles. The van der Waals surface area contributed by atoms with Crippen molar-refractivity contribution in [3.8, 4) is 0 Å². The smallest absolute Gasteiger partial charge is 0.0946 e. The number of benzene rings is 2. The van der Waals surface area contributed by atoms with Gasteiger partial charge in [-0.05, 0) is 53.8 Å². The molecule has 1 aromatic heterocycles. The third-order valence-electron chi connectivity index (χ3n) is 4.56. The predicted octanol–water partition coefficient (Wildman–Crippen LogP) is 4.31. The van der Waals surface area contributed by atoms with Gasteiger partial charge in [-0.15, -0.1) is 0 Å². The number of H-pyrrole nitrogens is 1. The second kappa shape index (κ2) is 4.72. The van der Waals surface area contributed by atoms with Crippen molar-refractivity contribution < 1.29 is 5.11 Å². The molecule has 4 rings (SSSR count). The number of rotatable bonds is 1. The molecule has 0 spiro atoms. The van der Waals surface area contributed by atoms with E-state index < -0.39 is 5.60 Å². The van der Waals surface area contributed by atoms with E-state index in [9.17, 15) is 5.11 Å². The van der Waals surface area contributed by atoms with Crippen molar-refractivity contribution in [2.45, 2.75) is 24.9 Å². The monoisotopic (exact) mass is 341 g/mol. The van der Waals surface area contributed by atoms with Gasteiger partial charge in [0, 0.05) is 28.0 Å². The van der Waals surface area contributed by atoms with E-state index in [0.717, 1.165) is 33.8 Å². The van der Waals surface area contributed by atoms with Crippen LogP contribution in [-0.4, -0.2) is 10.1 Å². The topological polar surface area (TPSA) is 36.0 Å². The Labute approximate surface area is 131 Å². The summed E-state index contributed by atoms with van der Waals surface area (Å²) in [7, 11) is 0. The van der Waals surface area contributed by atoms with Crippen LogP contribution < -0.4 is 0 Å². The van der Waals surface area contributed by atoms with E-state index in [-0.39, 0.29) is 0 Å². The van der Waals surface area contributed by atoms with E-state index >= 15 is 0 Å². The number of aromatic nitrogens is 1. The van der Waals surface area contributed by atoms with Gasteiger partial charge in [0.15, 0.2) is 0 Å². The van der Waals surface area contributed by atoms with E-state index in [2.05, 4.69) is 57.3 Å². The number of aromatic amines is 1. The molecule has 0 fully saturated rings. The minimum atomic E-state index is -0.775. The molecule has 1 aliphatic rings. The van der Waals surface area contributed by atoms with Gasteiger partial charge in [0.25, 0.3) is 0 Å². The number of hydrogen-bond donors (Lipinski definition) is 2. The summed E-state index contributed by atoms with van der Waals surface area (Å²) in [6.45, 7) is 0. The SMILES string of the molecule is OC1(c2cccc3[nH]ccc23)CCc2cc(Br)ccc2C1. The highest BCUT2D eigenvalue weighted by Crippen LogP contribution is 2.39. The van der Waals surface area contributed by atoms with Crippen molar-refractivity contribution in [1.82, 2.24) is 4.98 Å². The highest BCUT2D eigenvalue weighted by molar-refractivity contribution is 9.10. The first-order valence-electron chi connectivity index (χ1n) is 7.22. The fourth-order valence-electron chi connectivity index (χ4n) is 3.47. The van der Waals surface area contributed by atoms with Crippen LogP contribution in [0.25, 0.3) is 10.9 Å². The molecule has 21 heavy (non-hydrogen) atoms. The Hall–Kier alpha value is -1.58. The van der Waals surface area contributed by atoms with Crippen LogP contribution in [0, 0.1) is 0 Å². The first-order chi connectivity index (χ1) is 10.2. The fraction of sp³-hybridized carbons (Fsp3) is 0.222. The molecular weight excluding hydrogens is 326 g/mol. The summed E-state index contributed by atoms with van der Waals surface area (Å²) in [6.07, 6.45) is 4.29. The minimum Gasteiger partial charge on any atom is -0.385 e. The zero-order valence-corrected chi connectivity index (χ0v) is 13.2. The Kier molecular flexibility index (Phi) is 2.95. The molecule has 1 heterocycles. The molecule has 0 saturated carbocycles. The van der Waals surface area contributed by atoms with Crippen molar-refractivity contribution in [3.63, 3.8) is 0 Å². The Balaban J connectivity index is 1.82. The van der Waals surface area contributed by atoms with Crippen molar-refractivity contribution in [3.05, 3.63) is 69.8 Å². The number of aliphatic hydroxyl groups is 1. The average molecular weight is 342 g/mol. The van der Waals surface area contributed by atoms with Gasteiger partial charge < -0.3 is 10.1 Å². The van der Waals surface area contributed by atoms with E-state index in [4.69, 9.17) is 0 Å². The molecule has 106 valence electrons. The molecule has 0 saturated heterocycles. The molecule has 3 aromatic rings. The van der Waals surface area contributed by atoms with Gasteiger partial charge in [0.1, 0.15) is 0 Å². The quantitative estimate of drug-likeness (QED) is 0.679. The van der Waals surface area contributed by atoms with Gasteiger partial charge in [0.05, 0.1) is 5.60 Å². The zero-order valence-electron chi connectivity index (χ0n) is 11.6. The molecule has 1 unspecified atom stereocenters. The van der Waals surface area contributed by atoms with E-state index in [0.29, 0.717) is 6.42 Å². The molecular formula is C18H16BrNO. The van der Waals surface area contributed by atoms with Crippen molar-refractivity contribution in [1.29, 1.82) is 0 Å². The third kappa shape index (κ3) is 2.12. The summed E-state index contributed by atoms with van der Waals surface area (Å²) in [5.74, 6) is 0. The predicted molar refractivity (Wildman–Crippen MR) is 88.4 cm³/mol. The number of aryl methyl sites for hydroxylation is 1. The van der Waals surface area contributed by atoms with Crippen molar-refractivity contribution in [2.75, 3.05) is 0 Å². The Morgan fingerprint density at radius 1 is 1.10 bits per heavy atom. The first kappa shape index (κ1) is 13.1. The molecule has 1 aliphatic carbocycles. The minimum absolute atomic E-state index is 0.680. The van der Waals surface area contributed by atoms with Gasteiger partial charge in [-0.2, -0.15) is 0 Å². The van der Waals surface area contributed by atoms with Crippen LogP contribution in [0.2, 0.25) is 0 Å². The van der Waals surface area contributed by atoms with Crippen LogP contribution >= 0.6 is 15.9 Å². The second-order valence-corrected chi connectivity index (χ2v) is 6.78. The van der Waals surface area contributed by atoms with Gasteiger partial charge in [-0.3, -0.25) is 0 Å². The van der Waals surface area contributed by atoms with Gasteiger partial charge in [0.2, 0.25) is 0 Å². The number of hydrogen-bond acceptors (Lipinski definition) is 1. The maximum absolute atomic E-state index is 11.2. The largest absolute Gasteiger partial charge is 0.385 e. The lowest BCUT2D eigenvalue weighted by atomic mass is 9.75. The highest BCUT2D eigenvalue weighted by Gasteiger charge is 2.35. The van der Waals surface area contributed by atoms with Crippen LogP contribution in [0.5, 0.6) is 0 Å². The van der Waals surface area contributed by atoms with E-state index in [1.165, 1.54) is 11.1 Å². The van der Waals surface area contributed by atoms with Gasteiger partial charge in [-0.1, -0.05) is 34.1 Å². The van der Waals surface area contributed by atoms with E-state index in [1.807, 2.05) is 12.3 Å². The second-order valence-electron chi connectivity index (χ2n) is 5.87. The Morgan fingerprint density at radius 2 is 2.00 bits per heavy atom. The summed E-state index contributed by atoms with van der Waals surface area (Å²) < 4.78 is 1.11. The van der Waals surface area contributed by atoms with Gasteiger partial charge >= 0.3 is 0 Å². The molecule has 2 N–H and O–H groups in total. The molecule has 2 aromatic carbocycles. The number of halogens is 1. The zero-order chi connectivity index (χ0) is 14.4. The van der Waals surface area contributed by atoms with Crippen molar-refractivity contribution in [2.24, 2.45) is 0 Å². The summed E-state index contributed by atoms with van der Waals surface area (Å²) >= 11 is 3.52. The average Bonchev–Trinajstić information content (AvgIpc) is 2.96. The third-order valence-corrected chi connectivity index (χ3v) is 5.05. The molecule has 0 bridgehead atoms. The maximum atomic E-state index is 11.2. The lowest BCUT2D eigenvalue weighted by molar-refractivity contribution is 0.0237. The molecule has 0 amide bonds. The summed E-state index contributed by atoms with van der Waals surface area (Å²) in [4.78, 5) is 3.23. The molecule has 3 heteroatoms. The van der Waals surface area contributed by atoms with Crippen LogP contribution in [0.4, 0.5) is 0 Å². The lowest BCUT2D eigenvalue weighted by Crippen LogP contribution is -2.33. The molecule has 1 atom stereocenters. The summed E-state index contributed by atoms with van der Waals surface area (Å²) in [5, 5.41) is 12.4. The lowest BCUT2D eigenvalue weighted by Gasteiger charge is -2.34. The molecule has 0 radical (unpaired) electrons. The first-order valence-corrected chi connectivity index (χ1v) is 8.01. The van der Waals surface area contributed by atoms with Crippen LogP contribution in [0.15, 0.2) is 53.1 Å². The summed E-state index contributed by atoms with van der Waals surface area (Å²) in [5.41, 5.74) is 3.94. The molecule has 2 nitrogen and oxygen atoms in total. The van der Waals surface area contributed by atoms with Crippen LogP contribution in [0.3, 0.4) is 0 Å². The van der Waals surface area contributed by atoms with E-state index in [1.54, 1.807) is 0 Å². The highest BCUT2D eigenvalue weighted by atomic mass is 79.9. The fourth-order valence-corrected chi connectivity index (χ4v) is 3.87.